The zero-order valence-electron chi connectivity index (χ0n) is 14.4. The predicted molar refractivity (Wildman–Crippen MR) is 95.0 cm³/mol. The number of sulfonamides is 1. The molecule has 1 amide bonds. The van der Waals surface area contributed by atoms with Gasteiger partial charge >= 0.3 is 0 Å². The Kier molecular flexibility index (Phi) is 6.01. The van der Waals surface area contributed by atoms with E-state index < -0.39 is 15.4 Å². The van der Waals surface area contributed by atoms with E-state index >= 15 is 0 Å². The summed E-state index contributed by atoms with van der Waals surface area (Å²) in [6.07, 6.45) is 0.943. The highest BCUT2D eigenvalue weighted by atomic mass is 32.2. The van der Waals surface area contributed by atoms with Gasteiger partial charge in [-0.15, -0.1) is 0 Å². The number of rotatable bonds is 6. The molecular weight excluding hydrogens is 326 g/mol. The third-order valence-electron chi connectivity index (χ3n) is 4.83. The van der Waals surface area contributed by atoms with Crippen molar-refractivity contribution in [2.45, 2.75) is 38.1 Å². The Morgan fingerprint density at radius 3 is 2.38 bits per heavy atom. The number of hydrogen-bond donors (Lipinski definition) is 2. The van der Waals surface area contributed by atoms with Gasteiger partial charge in [-0.1, -0.05) is 30.3 Å². The Morgan fingerprint density at radius 2 is 1.88 bits per heavy atom. The quantitative estimate of drug-likeness (QED) is 0.792. The first-order valence-electron chi connectivity index (χ1n) is 8.40. The summed E-state index contributed by atoms with van der Waals surface area (Å²) in [7, 11) is -3.23. The molecule has 0 bridgehead atoms. The molecule has 3 N–H and O–H groups in total. The Hall–Kier alpha value is -1.44. The molecule has 1 aliphatic rings. The molecule has 1 aliphatic heterocycles. The third-order valence-corrected chi connectivity index (χ3v) is 6.71. The van der Waals surface area contributed by atoms with Gasteiger partial charge in [-0.05, 0) is 32.3 Å². The highest BCUT2D eigenvalue weighted by molar-refractivity contribution is 7.89. The van der Waals surface area contributed by atoms with E-state index in [1.807, 2.05) is 37.3 Å². The number of carbonyl (C=O) groups excluding carboxylic acids is 1. The van der Waals surface area contributed by atoms with Gasteiger partial charge in [0.1, 0.15) is 0 Å². The lowest BCUT2D eigenvalue weighted by atomic mass is 9.72. The lowest BCUT2D eigenvalue weighted by molar-refractivity contribution is -0.128. The van der Waals surface area contributed by atoms with Gasteiger partial charge in [-0.3, -0.25) is 4.79 Å². The number of carbonyl (C=O) groups is 1. The summed E-state index contributed by atoms with van der Waals surface area (Å²) in [6.45, 7) is 4.59. The average Bonchev–Trinajstić information content (AvgIpc) is 2.62. The smallest absolute Gasteiger partial charge is 0.231 e. The van der Waals surface area contributed by atoms with E-state index in [1.54, 1.807) is 6.92 Å². The Labute approximate surface area is 144 Å². The van der Waals surface area contributed by atoms with Crippen molar-refractivity contribution in [1.29, 1.82) is 0 Å². The third kappa shape index (κ3) is 3.79. The van der Waals surface area contributed by atoms with Gasteiger partial charge in [0.25, 0.3) is 0 Å². The van der Waals surface area contributed by atoms with Crippen LogP contribution in [0.5, 0.6) is 0 Å². The van der Waals surface area contributed by atoms with Crippen molar-refractivity contribution in [3.8, 4) is 0 Å². The average molecular weight is 353 g/mol. The van der Waals surface area contributed by atoms with E-state index in [0.29, 0.717) is 32.5 Å². The van der Waals surface area contributed by atoms with E-state index in [2.05, 4.69) is 5.32 Å². The molecule has 1 fully saturated rings. The Balaban J connectivity index is 2.29. The van der Waals surface area contributed by atoms with E-state index in [0.717, 1.165) is 5.56 Å². The summed E-state index contributed by atoms with van der Waals surface area (Å²) in [5, 5.41) is 2.97. The highest BCUT2D eigenvalue weighted by Gasteiger charge is 2.44. The Bertz CT molecular complexity index is 653. The zero-order valence-corrected chi connectivity index (χ0v) is 15.2. The maximum Gasteiger partial charge on any atom is 0.231 e. The molecule has 1 atom stereocenters. The van der Waals surface area contributed by atoms with Gasteiger partial charge < -0.3 is 11.1 Å². The fourth-order valence-corrected chi connectivity index (χ4v) is 4.26. The second-order valence-corrected chi connectivity index (χ2v) is 8.62. The lowest BCUT2D eigenvalue weighted by Crippen LogP contribution is -2.55. The van der Waals surface area contributed by atoms with Gasteiger partial charge in [-0.2, -0.15) is 0 Å². The van der Waals surface area contributed by atoms with Crippen molar-refractivity contribution in [3.63, 3.8) is 0 Å². The van der Waals surface area contributed by atoms with Crippen LogP contribution in [0.1, 0.15) is 32.3 Å². The molecule has 1 heterocycles. The highest BCUT2D eigenvalue weighted by Crippen LogP contribution is 2.36. The van der Waals surface area contributed by atoms with Crippen molar-refractivity contribution in [1.82, 2.24) is 9.62 Å². The molecule has 0 unspecified atom stereocenters. The van der Waals surface area contributed by atoms with E-state index in [9.17, 15) is 13.2 Å². The molecule has 2 rings (SSSR count). The first-order valence-corrected chi connectivity index (χ1v) is 10.0. The summed E-state index contributed by atoms with van der Waals surface area (Å²) >= 11 is 0. The number of amides is 1. The van der Waals surface area contributed by atoms with Crippen LogP contribution in [-0.2, 0) is 20.2 Å². The lowest BCUT2D eigenvalue weighted by Gasteiger charge is -2.41. The number of nitrogens with one attached hydrogen (secondary N) is 1. The maximum absolute atomic E-state index is 13.0. The first-order chi connectivity index (χ1) is 11.4. The zero-order chi connectivity index (χ0) is 17.8. The first kappa shape index (κ1) is 18.9. The van der Waals surface area contributed by atoms with Crippen LogP contribution >= 0.6 is 0 Å². The molecule has 134 valence electrons. The van der Waals surface area contributed by atoms with Gasteiger partial charge in [-0.25, -0.2) is 12.7 Å². The van der Waals surface area contributed by atoms with Crippen LogP contribution in [0.3, 0.4) is 0 Å². The number of hydrogen-bond acceptors (Lipinski definition) is 4. The van der Waals surface area contributed by atoms with Crippen molar-refractivity contribution in [2.75, 3.05) is 25.4 Å². The molecule has 0 aliphatic carbocycles. The maximum atomic E-state index is 13.0. The molecule has 7 heteroatoms. The minimum atomic E-state index is -3.23. The summed E-state index contributed by atoms with van der Waals surface area (Å²) in [4.78, 5) is 13.0. The number of nitrogens with two attached hydrogens (primary N) is 1. The van der Waals surface area contributed by atoms with Gasteiger partial charge in [0.2, 0.25) is 15.9 Å². The van der Waals surface area contributed by atoms with Crippen molar-refractivity contribution < 1.29 is 13.2 Å². The van der Waals surface area contributed by atoms with E-state index in [1.165, 1.54) is 4.31 Å². The number of piperidine rings is 1. The molecule has 6 nitrogen and oxygen atoms in total. The monoisotopic (exact) mass is 353 g/mol. The predicted octanol–water partition coefficient (Wildman–Crippen LogP) is 0.833. The minimum absolute atomic E-state index is 0.0693. The summed E-state index contributed by atoms with van der Waals surface area (Å²) in [6, 6.07) is 9.50. The number of nitrogens with zero attached hydrogens (tertiary/aromatic N) is 1. The Morgan fingerprint density at radius 1 is 1.29 bits per heavy atom. The molecule has 1 aromatic rings. The summed E-state index contributed by atoms with van der Waals surface area (Å²) in [5.41, 5.74) is 5.85. The van der Waals surface area contributed by atoms with Crippen LogP contribution in [0, 0.1) is 0 Å². The second kappa shape index (κ2) is 7.63. The van der Waals surface area contributed by atoms with Crippen LogP contribution in [0.25, 0.3) is 0 Å². The molecule has 0 radical (unpaired) electrons. The van der Waals surface area contributed by atoms with Crippen molar-refractivity contribution in [3.05, 3.63) is 35.9 Å². The van der Waals surface area contributed by atoms with Crippen LogP contribution in [0.15, 0.2) is 30.3 Å². The van der Waals surface area contributed by atoms with Gasteiger partial charge in [0.05, 0.1) is 11.2 Å². The van der Waals surface area contributed by atoms with Crippen molar-refractivity contribution >= 4 is 15.9 Å². The van der Waals surface area contributed by atoms with Gasteiger partial charge in [0.15, 0.2) is 0 Å². The SMILES string of the molecule is CCS(=O)(=O)N1CCC(C(=O)N[C@@H](C)CN)(c2ccccc2)CC1. The molecule has 1 aromatic carbocycles. The number of benzene rings is 1. The van der Waals surface area contributed by atoms with Crippen LogP contribution < -0.4 is 11.1 Å². The van der Waals surface area contributed by atoms with Crippen LogP contribution in [0.2, 0.25) is 0 Å². The molecular formula is C17H27N3O3S. The van der Waals surface area contributed by atoms with Gasteiger partial charge in [0, 0.05) is 25.7 Å². The standard InChI is InChI=1S/C17H27N3O3S/c1-3-24(22,23)20-11-9-17(10-12-20,15-7-5-4-6-8-15)16(21)19-14(2)13-18/h4-8,14H,3,9-13,18H2,1-2H3,(H,19,21)/t14-/m0/s1. The van der Waals surface area contributed by atoms with Crippen LogP contribution in [0.4, 0.5) is 0 Å². The van der Waals surface area contributed by atoms with E-state index in [-0.39, 0.29) is 17.7 Å². The fourth-order valence-electron chi connectivity index (χ4n) is 3.15. The summed E-state index contributed by atoms with van der Waals surface area (Å²) < 4.78 is 25.7. The molecule has 0 aromatic heterocycles. The normalized spacial score (nSPS) is 19.6. The van der Waals surface area contributed by atoms with Crippen molar-refractivity contribution in [2.24, 2.45) is 5.73 Å². The topological polar surface area (TPSA) is 92.5 Å². The minimum Gasteiger partial charge on any atom is -0.352 e. The molecule has 1 saturated heterocycles. The molecule has 0 spiro atoms. The molecule has 0 saturated carbocycles. The molecule has 24 heavy (non-hydrogen) atoms. The van der Waals surface area contributed by atoms with Crippen LogP contribution in [-0.4, -0.2) is 50.1 Å². The second-order valence-electron chi connectivity index (χ2n) is 6.36. The summed E-state index contributed by atoms with van der Waals surface area (Å²) in [5.74, 6) is 0.0158. The van der Waals surface area contributed by atoms with E-state index in [4.69, 9.17) is 5.73 Å². The largest absolute Gasteiger partial charge is 0.352 e. The fraction of sp³-hybridized carbons (Fsp3) is 0.588.